The quantitative estimate of drug-likeness (QED) is 0.464. The van der Waals surface area contributed by atoms with E-state index in [9.17, 15) is 0 Å². The highest BCUT2D eigenvalue weighted by molar-refractivity contribution is 7.80. The molecule has 0 heterocycles. The summed E-state index contributed by atoms with van der Waals surface area (Å²) in [6.45, 7) is 2.11. The maximum absolute atomic E-state index is 5.33. The van der Waals surface area contributed by atoms with E-state index in [4.69, 9.17) is 18.0 Å². The predicted octanol–water partition coefficient (Wildman–Crippen LogP) is 2.02. The molecule has 1 aromatic carbocycles. The van der Waals surface area contributed by atoms with Crippen LogP contribution in [0.3, 0.4) is 0 Å². The van der Waals surface area contributed by atoms with Crippen molar-refractivity contribution in [2.75, 3.05) is 0 Å². The van der Waals surface area contributed by atoms with Crippen molar-refractivity contribution in [1.29, 1.82) is 0 Å². The summed E-state index contributed by atoms with van der Waals surface area (Å²) in [7, 11) is 0. The maximum Gasteiger partial charge on any atom is 0.184 e. The first-order chi connectivity index (χ1) is 7.24. The minimum absolute atomic E-state index is 0.194. The number of nitrogens with one attached hydrogen (secondary N) is 1. The number of hydrazone groups is 1. The lowest BCUT2D eigenvalue weighted by Gasteiger charge is -2.05. The van der Waals surface area contributed by atoms with E-state index in [0.29, 0.717) is 0 Å². The Morgan fingerprint density at radius 1 is 1.40 bits per heavy atom. The molecule has 0 aliphatic carbocycles. The van der Waals surface area contributed by atoms with Crippen LogP contribution in [-0.4, -0.2) is 10.8 Å². The fraction of sp³-hybridized carbons (Fsp3) is 0.273. The van der Waals surface area contributed by atoms with Gasteiger partial charge in [0.2, 0.25) is 0 Å². The molecule has 0 bridgehead atoms. The number of thiocarbonyl (C=S) groups is 1. The number of rotatable bonds is 4. The molecule has 0 fully saturated rings. The molecule has 15 heavy (non-hydrogen) atoms. The summed E-state index contributed by atoms with van der Waals surface area (Å²) in [5.41, 5.74) is 10.0. The van der Waals surface area contributed by atoms with Gasteiger partial charge in [0.25, 0.3) is 0 Å². The minimum Gasteiger partial charge on any atom is -0.375 e. The van der Waals surface area contributed by atoms with Gasteiger partial charge in [-0.1, -0.05) is 43.7 Å². The summed E-state index contributed by atoms with van der Waals surface area (Å²) in [6, 6.07) is 10.0. The first kappa shape index (κ1) is 11.7. The van der Waals surface area contributed by atoms with Gasteiger partial charge in [0.15, 0.2) is 5.11 Å². The summed E-state index contributed by atoms with van der Waals surface area (Å²) in [5, 5.41) is 4.38. The van der Waals surface area contributed by atoms with Gasteiger partial charge in [0, 0.05) is 0 Å². The Kier molecular flexibility index (Phi) is 4.77. The SMILES string of the molecule is CCC/C(=N/NC(N)=S)c1ccccc1. The highest BCUT2D eigenvalue weighted by Crippen LogP contribution is 2.05. The molecule has 0 unspecified atom stereocenters. The zero-order valence-corrected chi connectivity index (χ0v) is 9.55. The minimum atomic E-state index is 0.194. The molecule has 0 aliphatic heterocycles. The van der Waals surface area contributed by atoms with Crippen molar-refractivity contribution in [2.45, 2.75) is 19.8 Å². The number of nitrogens with zero attached hydrogens (tertiary/aromatic N) is 1. The van der Waals surface area contributed by atoms with Crippen LogP contribution in [0.15, 0.2) is 35.4 Å². The van der Waals surface area contributed by atoms with E-state index in [1.165, 1.54) is 0 Å². The molecule has 0 saturated heterocycles. The second kappa shape index (κ2) is 6.14. The average Bonchev–Trinajstić information content (AvgIpc) is 2.25. The van der Waals surface area contributed by atoms with Crippen LogP contribution in [0.5, 0.6) is 0 Å². The second-order valence-corrected chi connectivity index (χ2v) is 3.59. The number of nitrogens with two attached hydrogens (primary N) is 1. The van der Waals surface area contributed by atoms with Crippen molar-refractivity contribution in [3.63, 3.8) is 0 Å². The van der Waals surface area contributed by atoms with Gasteiger partial charge in [-0.05, 0) is 24.2 Å². The molecule has 80 valence electrons. The van der Waals surface area contributed by atoms with Crippen molar-refractivity contribution in [3.8, 4) is 0 Å². The van der Waals surface area contributed by atoms with Gasteiger partial charge < -0.3 is 5.73 Å². The number of hydrogen-bond donors (Lipinski definition) is 2. The Morgan fingerprint density at radius 3 is 2.60 bits per heavy atom. The molecule has 3 nitrogen and oxygen atoms in total. The lowest BCUT2D eigenvalue weighted by molar-refractivity contribution is 0.951. The van der Waals surface area contributed by atoms with Gasteiger partial charge in [0.1, 0.15) is 0 Å². The molecule has 0 saturated carbocycles. The Labute approximate surface area is 95.4 Å². The van der Waals surface area contributed by atoms with Gasteiger partial charge in [0.05, 0.1) is 5.71 Å². The second-order valence-electron chi connectivity index (χ2n) is 3.15. The van der Waals surface area contributed by atoms with Crippen molar-refractivity contribution in [3.05, 3.63) is 35.9 Å². The van der Waals surface area contributed by atoms with Gasteiger partial charge in [-0.15, -0.1) is 0 Å². The summed E-state index contributed by atoms with van der Waals surface area (Å²) in [4.78, 5) is 0. The first-order valence-electron chi connectivity index (χ1n) is 4.91. The Morgan fingerprint density at radius 2 is 2.07 bits per heavy atom. The van der Waals surface area contributed by atoms with Crippen molar-refractivity contribution in [2.24, 2.45) is 10.8 Å². The fourth-order valence-electron chi connectivity index (χ4n) is 1.25. The Hall–Kier alpha value is -1.42. The zero-order valence-electron chi connectivity index (χ0n) is 8.73. The molecule has 0 aliphatic rings. The number of hydrogen-bond acceptors (Lipinski definition) is 2. The third kappa shape index (κ3) is 4.08. The highest BCUT2D eigenvalue weighted by atomic mass is 32.1. The lowest BCUT2D eigenvalue weighted by atomic mass is 10.1. The summed E-state index contributed by atoms with van der Waals surface area (Å²) < 4.78 is 0. The van der Waals surface area contributed by atoms with Crippen molar-refractivity contribution in [1.82, 2.24) is 5.43 Å². The maximum atomic E-state index is 5.33. The van der Waals surface area contributed by atoms with Crippen LogP contribution in [0.25, 0.3) is 0 Å². The third-order valence-corrected chi connectivity index (χ3v) is 1.99. The van der Waals surface area contributed by atoms with Crippen LogP contribution in [0, 0.1) is 0 Å². The van der Waals surface area contributed by atoms with Crippen LogP contribution in [-0.2, 0) is 0 Å². The van der Waals surface area contributed by atoms with Gasteiger partial charge in [-0.2, -0.15) is 5.10 Å². The molecule has 0 atom stereocenters. The van der Waals surface area contributed by atoms with Gasteiger partial charge >= 0.3 is 0 Å². The topological polar surface area (TPSA) is 50.4 Å². The molecular weight excluding hydrogens is 206 g/mol. The summed E-state index contributed by atoms with van der Waals surface area (Å²) >= 11 is 4.71. The summed E-state index contributed by atoms with van der Waals surface area (Å²) in [5.74, 6) is 0. The summed E-state index contributed by atoms with van der Waals surface area (Å²) in [6.07, 6.45) is 1.94. The molecule has 1 aromatic rings. The number of benzene rings is 1. The van der Waals surface area contributed by atoms with E-state index in [1.54, 1.807) is 0 Å². The zero-order chi connectivity index (χ0) is 11.1. The van der Waals surface area contributed by atoms with E-state index < -0.39 is 0 Å². The third-order valence-electron chi connectivity index (χ3n) is 1.89. The van der Waals surface area contributed by atoms with Crippen LogP contribution >= 0.6 is 12.2 Å². The van der Waals surface area contributed by atoms with E-state index in [2.05, 4.69) is 17.5 Å². The molecule has 0 aromatic heterocycles. The lowest BCUT2D eigenvalue weighted by Crippen LogP contribution is -2.25. The highest BCUT2D eigenvalue weighted by Gasteiger charge is 2.01. The van der Waals surface area contributed by atoms with E-state index >= 15 is 0 Å². The molecule has 1 rings (SSSR count). The molecule has 0 amide bonds. The largest absolute Gasteiger partial charge is 0.375 e. The monoisotopic (exact) mass is 221 g/mol. The molecular formula is C11H15N3S. The smallest absolute Gasteiger partial charge is 0.184 e. The van der Waals surface area contributed by atoms with E-state index in [0.717, 1.165) is 24.1 Å². The van der Waals surface area contributed by atoms with Crippen molar-refractivity contribution < 1.29 is 0 Å². The molecule has 0 radical (unpaired) electrons. The predicted molar refractivity (Wildman–Crippen MR) is 67.8 cm³/mol. The van der Waals surface area contributed by atoms with Crippen LogP contribution in [0.4, 0.5) is 0 Å². The van der Waals surface area contributed by atoms with E-state index in [1.807, 2.05) is 30.3 Å². The fourth-order valence-corrected chi connectivity index (χ4v) is 1.30. The normalized spacial score (nSPS) is 11.1. The molecule has 4 heteroatoms. The molecule has 3 N–H and O–H groups in total. The van der Waals surface area contributed by atoms with Crippen LogP contribution < -0.4 is 11.2 Å². The molecule has 0 spiro atoms. The van der Waals surface area contributed by atoms with Crippen LogP contribution in [0.2, 0.25) is 0 Å². The standard InChI is InChI=1S/C11H15N3S/c1-2-6-10(13-14-11(12)15)9-7-4-3-5-8-9/h3-5,7-8H,2,6H2,1H3,(H3,12,14,15)/b13-10-. The van der Waals surface area contributed by atoms with Gasteiger partial charge in [-0.25, -0.2) is 0 Å². The van der Waals surface area contributed by atoms with Gasteiger partial charge in [-0.3, -0.25) is 5.43 Å². The Bertz CT molecular complexity index is 346. The Balaban J connectivity index is 2.83. The van der Waals surface area contributed by atoms with Crippen LogP contribution in [0.1, 0.15) is 25.3 Å². The van der Waals surface area contributed by atoms with Crippen molar-refractivity contribution >= 4 is 23.0 Å². The first-order valence-corrected chi connectivity index (χ1v) is 5.32. The average molecular weight is 221 g/mol. The van der Waals surface area contributed by atoms with E-state index in [-0.39, 0.29) is 5.11 Å².